The summed E-state index contributed by atoms with van der Waals surface area (Å²) in [6.07, 6.45) is 0. The summed E-state index contributed by atoms with van der Waals surface area (Å²) in [4.78, 5) is 11.0. The summed E-state index contributed by atoms with van der Waals surface area (Å²) in [5.41, 5.74) is 0.690. The summed E-state index contributed by atoms with van der Waals surface area (Å²) >= 11 is 7.69. The van der Waals surface area contributed by atoms with Crippen LogP contribution >= 0.6 is 43.2 Å². The van der Waals surface area contributed by atoms with Crippen LogP contribution in [0, 0.1) is 0 Å². The van der Waals surface area contributed by atoms with Crippen LogP contribution in [0.4, 0.5) is 0 Å². The second-order valence-corrected chi connectivity index (χ2v) is 9.50. The highest BCUT2D eigenvalue weighted by Crippen LogP contribution is 2.34. The molecule has 5 nitrogen and oxygen atoms in total. The highest BCUT2D eigenvalue weighted by molar-refractivity contribution is 9.12. The van der Waals surface area contributed by atoms with Crippen LogP contribution in [0.25, 0.3) is 0 Å². The zero-order chi connectivity index (χ0) is 15.6. The van der Waals surface area contributed by atoms with Crippen molar-refractivity contribution >= 4 is 59.2 Å². The van der Waals surface area contributed by atoms with Crippen molar-refractivity contribution in [1.29, 1.82) is 0 Å². The van der Waals surface area contributed by atoms with Crippen molar-refractivity contribution in [3.05, 3.63) is 49.0 Å². The van der Waals surface area contributed by atoms with E-state index in [1.54, 1.807) is 12.1 Å². The average molecular weight is 455 g/mol. The molecule has 2 rings (SSSR count). The van der Waals surface area contributed by atoms with Crippen molar-refractivity contribution in [3.63, 3.8) is 0 Å². The van der Waals surface area contributed by atoms with Crippen molar-refractivity contribution in [2.24, 2.45) is 0 Å². The van der Waals surface area contributed by atoms with Crippen LogP contribution in [-0.4, -0.2) is 19.5 Å². The first-order chi connectivity index (χ1) is 9.79. The minimum absolute atomic E-state index is 0.0172. The molecule has 0 fully saturated rings. The first kappa shape index (κ1) is 16.6. The van der Waals surface area contributed by atoms with Crippen LogP contribution in [0.3, 0.4) is 0 Å². The number of carboxylic acid groups (broad SMARTS) is 1. The van der Waals surface area contributed by atoms with Gasteiger partial charge in [-0.25, -0.2) is 17.9 Å². The Morgan fingerprint density at radius 1 is 1.29 bits per heavy atom. The first-order valence-electron chi connectivity index (χ1n) is 5.56. The molecule has 1 heterocycles. The number of carbonyl (C=O) groups is 1. The highest BCUT2D eigenvalue weighted by atomic mass is 79.9. The number of aromatic carboxylic acids is 1. The summed E-state index contributed by atoms with van der Waals surface area (Å²) < 4.78 is 28.0. The maximum atomic E-state index is 12.2. The molecule has 0 unspecified atom stereocenters. The Bertz CT molecular complexity index is 786. The largest absolute Gasteiger partial charge is 0.478 e. The third-order valence-electron chi connectivity index (χ3n) is 2.56. The van der Waals surface area contributed by atoms with E-state index in [9.17, 15) is 13.2 Å². The van der Waals surface area contributed by atoms with Gasteiger partial charge in [0, 0.05) is 6.54 Å². The fourth-order valence-corrected chi connectivity index (χ4v) is 6.41. The standard InChI is InChI=1S/C12H9Br2NO4S2/c13-10-5-9(11(14)20-10)21(18,19)15-6-7-2-1-3-8(4-7)12(16)17/h1-5,15H,6H2,(H,16,17). The van der Waals surface area contributed by atoms with Gasteiger partial charge in [-0.15, -0.1) is 11.3 Å². The molecule has 112 valence electrons. The van der Waals surface area contributed by atoms with E-state index in [4.69, 9.17) is 5.11 Å². The number of carboxylic acids is 1. The Kier molecular flexibility index (Phi) is 5.20. The lowest BCUT2D eigenvalue weighted by molar-refractivity contribution is 0.0696. The van der Waals surface area contributed by atoms with Gasteiger partial charge in [-0.05, 0) is 55.6 Å². The minimum Gasteiger partial charge on any atom is -0.478 e. The topological polar surface area (TPSA) is 83.5 Å². The van der Waals surface area contributed by atoms with E-state index in [0.717, 1.165) is 0 Å². The van der Waals surface area contributed by atoms with E-state index >= 15 is 0 Å². The van der Waals surface area contributed by atoms with Crippen molar-refractivity contribution < 1.29 is 18.3 Å². The number of hydrogen-bond donors (Lipinski definition) is 2. The fourth-order valence-electron chi connectivity index (χ4n) is 1.58. The zero-order valence-electron chi connectivity index (χ0n) is 10.3. The van der Waals surface area contributed by atoms with Crippen LogP contribution in [0.5, 0.6) is 0 Å². The number of hydrogen-bond acceptors (Lipinski definition) is 4. The van der Waals surface area contributed by atoms with E-state index in [2.05, 4.69) is 36.6 Å². The zero-order valence-corrected chi connectivity index (χ0v) is 15.1. The van der Waals surface area contributed by atoms with Gasteiger partial charge in [0.1, 0.15) is 4.90 Å². The number of thiophene rings is 1. The van der Waals surface area contributed by atoms with Crippen molar-refractivity contribution in [3.8, 4) is 0 Å². The lowest BCUT2D eigenvalue weighted by Crippen LogP contribution is -2.23. The number of benzene rings is 1. The Labute approximate surface area is 142 Å². The van der Waals surface area contributed by atoms with Gasteiger partial charge in [-0.3, -0.25) is 0 Å². The molecule has 0 saturated carbocycles. The Balaban J connectivity index is 2.17. The van der Waals surface area contributed by atoms with Crippen LogP contribution in [0.1, 0.15) is 15.9 Å². The molecule has 0 bridgehead atoms. The number of sulfonamides is 1. The monoisotopic (exact) mass is 453 g/mol. The van der Waals surface area contributed by atoms with Crippen LogP contribution < -0.4 is 4.72 Å². The highest BCUT2D eigenvalue weighted by Gasteiger charge is 2.20. The molecule has 2 aromatic rings. The molecule has 0 aliphatic heterocycles. The number of rotatable bonds is 5. The lowest BCUT2D eigenvalue weighted by Gasteiger charge is -2.06. The first-order valence-corrected chi connectivity index (χ1v) is 9.45. The quantitative estimate of drug-likeness (QED) is 0.724. The van der Waals surface area contributed by atoms with Gasteiger partial charge in [0.2, 0.25) is 10.0 Å². The average Bonchev–Trinajstić information content (AvgIpc) is 2.77. The van der Waals surface area contributed by atoms with Gasteiger partial charge in [0.15, 0.2) is 0 Å². The predicted molar refractivity (Wildman–Crippen MR) is 87.1 cm³/mol. The summed E-state index contributed by atoms with van der Waals surface area (Å²) in [6.45, 7) is 0.0172. The maximum absolute atomic E-state index is 12.2. The predicted octanol–water partition coefficient (Wildman–Crippen LogP) is 3.45. The fraction of sp³-hybridized carbons (Fsp3) is 0.0833. The molecule has 0 radical (unpaired) electrons. The Morgan fingerprint density at radius 3 is 2.57 bits per heavy atom. The molecule has 0 aliphatic rings. The summed E-state index contributed by atoms with van der Waals surface area (Å²) in [6, 6.07) is 7.62. The molecule has 0 amide bonds. The summed E-state index contributed by atoms with van der Waals surface area (Å²) in [5.74, 6) is -1.05. The smallest absolute Gasteiger partial charge is 0.335 e. The maximum Gasteiger partial charge on any atom is 0.335 e. The number of nitrogens with one attached hydrogen (secondary N) is 1. The SMILES string of the molecule is O=C(O)c1cccc(CNS(=O)(=O)c2cc(Br)sc2Br)c1. The molecule has 0 spiro atoms. The van der Waals surface area contributed by atoms with E-state index < -0.39 is 16.0 Å². The molecule has 1 aromatic carbocycles. The van der Waals surface area contributed by atoms with Gasteiger partial charge >= 0.3 is 5.97 Å². The van der Waals surface area contributed by atoms with E-state index in [0.29, 0.717) is 13.1 Å². The number of halogens is 2. The molecule has 1 aromatic heterocycles. The van der Waals surface area contributed by atoms with Crippen LogP contribution in [-0.2, 0) is 16.6 Å². The third-order valence-corrected chi connectivity index (χ3v) is 6.71. The normalized spacial score (nSPS) is 11.5. The van der Waals surface area contributed by atoms with Gasteiger partial charge in [-0.2, -0.15) is 0 Å². The van der Waals surface area contributed by atoms with Gasteiger partial charge in [0.05, 0.1) is 13.1 Å². The Hall–Kier alpha value is -0.740. The van der Waals surface area contributed by atoms with Crippen LogP contribution in [0.15, 0.2) is 42.8 Å². The molecule has 0 saturated heterocycles. The molecular weight excluding hydrogens is 446 g/mol. The van der Waals surface area contributed by atoms with Gasteiger partial charge in [-0.1, -0.05) is 12.1 Å². The summed E-state index contributed by atoms with van der Waals surface area (Å²) in [7, 11) is -3.67. The third kappa shape index (κ3) is 4.13. The van der Waals surface area contributed by atoms with Crippen molar-refractivity contribution in [2.45, 2.75) is 11.4 Å². The minimum atomic E-state index is -3.67. The second kappa shape index (κ2) is 6.57. The van der Waals surface area contributed by atoms with E-state index in [1.807, 2.05) is 0 Å². The van der Waals surface area contributed by atoms with E-state index in [1.165, 1.54) is 29.5 Å². The van der Waals surface area contributed by atoms with Crippen molar-refractivity contribution in [2.75, 3.05) is 0 Å². The van der Waals surface area contributed by atoms with Crippen molar-refractivity contribution in [1.82, 2.24) is 4.72 Å². The molecule has 21 heavy (non-hydrogen) atoms. The Morgan fingerprint density at radius 2 is 2.00 bits per heavy atom. The van der Waals surface area contributed by atoms with Gasteiger partial charge in [0.25, 0.3) is 0 Å². The molecule has 0 atom stereocenters. The lowest BCUT2D eigenvalue weighted by atomic mass is 10.1. The molecule has 2 N–H and O–H groups in total. The summed E-state index contributed by atoms with van der Waals surface area (Å²) in [5, 5.41) is 8.91. The van der Waals surface area contributed by atoms with Gasteiger partial charge < -0.3 is 5.11 Å². The molecular formula is C12H9Br2NO4S2. The molecule has 9 heteroatoms. The molecule has 0 aliphatic carbocycles. The van der Waals surface area contributed by atoms with Crippen LogP contribution in [0.2, 0.25) is 0 Å². The van der Waals surface area contributed by atoms with E-state index in [-0.39, 0.29) is 17.0 Å². The second-order valence-electron chi connectivity index (χ2n) is 4.02.